The second kappa shape index (κ2) is 5.01. The number of carbonyl (C=O) groups is 1. The molecule has 2 heterocycles. The van der Waals surface area contributed by atoms with Crippen LogP contribution in [-0.2, 0) is 0 Å². The molecule has 0 atom stereocenters. The largest absolute Gasteiger partial charge is 0.466 e. The van der Waals surface area contributed by atoms with Crippen LogP contribution in [0.15, 0.2) is 40.9 Å². The number of rotatable bonds is 3. The van der Waals surface area contributed by atoms with E-state index in [1.165, 1.54) is 12.1 Å². The number of benzene rings is 1. The quantitative estimate of drug-likeness (QED) is 0.689. The van der Waals surface area contributed by atoms with Gasteiger partial charge < -0.3 is 4.42 Å². The highest BCUT2D eigenvalue weighted by atomic mass is 19.1. The summed E-state index contributed by atoms with van der Waals surface area (Å²) in [6.07, 6.45) is 2.38. The lowest BCUT2D eigenvalue weighted by molar-refractivity contribution is 0.112. The van der Waals surface area contributed by atoms with Crippen molar-refractivity contribution in [1.82, 2.24) is 9.78 Å². The van der Waals surface area contributed by atoms with E-state index in [4.69, 9.17) is 4.42 Å². The van der Waals surface area contributed by atoms with Crippen molar-refractivity contribution in [3.8, 4) is 16.9 Å². The summed E-state index contributed by atoms with van der Waals surface area (Å²) < 4.78 is 20.0. The van der Waals surface area contributed by atoms with E-state index in [2.05, 4.69) is 5.10 Å². The van der Waals surface area contributed by atoms with Crippen LogP contribution in [-0.4, -0.2) is 16.1 Å². The van der Waals surface area contributed by atoms with Crippen LogP contribution in [0.4, 0.5) is 4.39 Å². The zero-order valence-electron chi connectivity index (χ0n) is 11.6. The maximum atomic E-state index is 13.0. The first-order valence-electron chi connectivity index (χ1n) is 6.46. The van der Waals surface area contributed by atoms with Crippen molar-refractivity contribution < 1.29 is 13.6 Å². The maximum absolute atomic E-state index is 13.0. The third kappa shape index (κ3) is 2.38. The van der Waals surface area contributed by atoms with Crippen LogP contribution in [0.5, 0.6) is 0 Å². The van der Waals surface area contributed by atoms with Crippen LogP contribution >= 0.6 is 0 Å². The Morgan fingerprint density at radius 2 is 1.95 bits per heavy atom. The third-order valence-corrected chi connectivity index (χ3v) is 3.26. The SMILES string of the molecule is Cc1cc(-c2nn(-c3ccc(F)cc3)cc2C=O)c(C)o1. The molecule has 0 amide bonds. The van der Waals surface area contributed by atoms with Gasteiger partial charge in [0.25, 0.3) is 0 Å². The number of hydrogen-bond acceptors (Lipinski definition) is 3. The van der Waals surface area contributed by atoms with Crippen molar-refractivity contribution in [1.29, 1.82) is 0 Å². The lowest BCUT2D eigenvalue weighted by Gasteiger charge is -2.00. The number of aryl methyl sites for hydroxylation is 2. The Morgan fingerprint density at radius 1 is 1.24 bits per heavy atom. The van der Waals surface area contributed by atoms with Crippen molar-refractivity contribution in [3.63, 3.8) is 0 Å². The molecule has 0 aliphatic rings. The zero-order chi connectivity index (χ0) is 15.0. The lowest BCUT2D eigenvalue weighted by Crippen LogP contribution is -1.94. The van der Waals surface area contributed by atoms with Crippen molar-refractivity contribution in [2.45, 2.75) is 13.8 Å². The lowest BCUT2D eigenvalue weighted by atomic mass is 10.1. The molecule has 21 heavy (non-hydrogen) atoms. The highest BCUT2D eigenvalue weighted by molar-refractivity contribution is 5.86. The zero-order valence-corrected chi connectivity index (χ0v) is 11.6. The summed E-state index contributed by atoms with van der Waals surface area (Å²) in [4.78, 5) is 11.3. The molecule has 0 fully saturated rings. The van der Waals surface area contributed by atoms with Gasteiger partial charge in [0.15, 0.2) is 6.29 Å². The highest BCUT2D eigenvalue weighted by Gasteiger charge is 2.16. The first-order valence-corrected chi connectivity index (χ1v) is 6.46. The average Bonchev–Trinajstić information content (AvgIpc) is 3.02. The first kappa shape index (κ1) is 13.3. The van der Waals surface area contributed by atoms with E-state index in [-0.39, 0.29) is 5.82 Å². The second-order valence-electron chi connectivity index (χ2n) is 4.80. The normalized spacial score (nSPS) is 10.8. The van der Waals surface area contributed by atoms with Crippen LogP contribution in [0.2, 0.25) is 0 Å². The van der Waals surface area contributed by atoms with Gasteiger partial charge in [-0.3, -0.25) is 4.79 Å². The molecular formula is C16H13FN2O2. The highest BCUT2D eigenvalue weighted by Crippen LogP contribution is 2.28. The number of carbonyl (C=O) groups excluding carboxylic acids is 1. The van der Waals surface area contributed by atoms with Crippen molar-refractivity contribution in [2.75, 3.05) is 0 Å². The molecule has 0 aliphatic carbocycles. The number of nitrogens with zero attached hydrogens (tertiary/aromatic N) is 2. The summed E-state index contributed by atoms with van der Waals surface area (Å²) in [5.74, 6) is 1.15. The Morgan fingerprint density at radius 3 is 2.52 bits per heavy atom. The molecule has 0 saturated heterocycles. The Labute approximate surface area is 120 Å². The Kier molecular flexibility index (Phi) is 3.17. The molecule has 0 radical (unpaired) electrons. The minimum Gasteiger partial charge on any atom is -0.466 e. The van der Waals surface area contributed by atoms with Gasteiger partial charge in [-0.25, -0.2) is 9.07 Å². The number of aromatic nitrogens is 2. The molecule has 1 aromatic carbocycles. The average molecular weight is 284 g/mol. The number of aldehydes is 1. The van der Waals surface area contributed by atoms with Gasteiger partial charge in [0, 0.05) is 11.8 Å². The molecule has 3 aromatic rings. The van der Waals surface area contributed by atoms with Crippen molar-refractivity contribution >= 4 is 6.29 Å². The molecule has 0 aliphatic heterocycles. The molecule has 0 N–H and O–H groups in total. The van der Waals surface area contributed by atoms with E-state index in [1.54, 1.807) is 23.0 Å². The molecule has 0 unspecified atom stereocenters. The molecule has 5 heteroatoms. The topological polar surface area (TPSA) is 48.0 Å². The third-order valence-electron chi connectivity index (χ3n) is 3.26. The Balaban J connectivity index is 2.12. The number of halogens is 1. The summed E-state index contributed by atoms with van der Waals surface area (Å²) in [6, 6.07) is 7.76. The standard InChI is InChI=1S/C16H13FN2O2/c1-10-7-15(11(2)21-10)16-12(9-20)8-19(18-16)14-5-3-13(17)4-6-14/h3-9H,1-2H3. The monoisotopic (exact) mass is 284 g/mol. The van der Waals surface area contributed by atoms with E-state index in [0.717, 1.165) is 17.6 Å². The van der Waals surface area contributed by atoms with Crippen molar-refractivity contribution in [3.05, 3.63) is 59.4 Å². The van der Waals surface area contributed by atoms with Gasteiger partial charge in [0.05, 0.1) is 11.3 Å². The minimum atomic E-state index is -0.317. The summed E-state index contributed by atoms with van der Waals surface area (Å²) in [6.45, 7) is 3.67. The second-order valence-corrected chi connectivity index (χ2v) is 4.80. The molecule has 4 nitrogen and oxygen atoms in total. The molecule has 2 aromatic heterocycles. The van der Waals surface area contributed by atoms with E-state index in [9.17, 15) is 9.18 Å². The van der Waals surface area contributed by atoms with Gasteiger partial charge in [-0.2, -0.15) is 5.10 Å². The van der Waals surface area contributed by atoms with Gasteiger partial charge in [-0.15, -0.1) is 0 Å². The van der Waals surface area contributed by atoms with Gasteiger partial charge in [0.1, 0.15) is 23.0 Å². The molecule has 0 spiro atoms. The smallest absolute Gasteiger partial charge is 0.153 e. The summed E-state index contributed by atoms with van der Waals surface area (Å²) >= 11 is 0. The number of furan rings is 1. The molecular weight excluding hydrogens is 271 g/mol. The fourth-order valence-electron chi connectivity index (χ4n) is 2.27. The fraction of sp³-hybridized carbons (Fsp3) is 0.125. The van der Waals surface area contributed by atoms with Crippen LogP contribution in [0.1, 0.15) is 21.9 Å². The first-order chi connectivity index (χ1) is 10.1. The van der Waals surface area contributed by atoms with Crippen LogP contribution < -0.4 is 0 Å². The predicted octanol–water partition coefficient (Wildman–Crippen LogP) is 3.70. The van der Waals surface area contributed by atoms with E-state index >= 15 is 0 Å². The van der Waals surface area contributed by atoms with Crippen LogP contribution in [0, 0.1) is 19.7 Å². The number of hydrogen-bond donors (Lipinski definition) is 0. The van der Waals surface area contributed by atoms with Gasteiger partial charge in [-0.1, -0.05) is 0 Å². The van der Waals surface area contributed by atoms with Crippen molar-refractivity contribution in [2.24, 2.45) is 0 Å². The van der Waals surface area contributed by atoms with Gasteiger partial charge in [0.2, 0.25) is 0 Å². The molecule has 0 saturated carbocycles. The van der Waals surface area contributed by atoms with E-state index in [1.807, 2.05) is 19.9 Å². The minimum absolute atomic E-state index is 0.317. The van der Waals surface area contributed by atoms with Gasteiger partial charge in [-0.05, 0) is 44.2 Å². The Bertz CT molecular complexity index is 800. The molecule has 106 valence electrons. The summed E-state index contributed by atoms with van der Waals surface area (Å²) in [7, 11) is 0. The molecule has 0 bridgehead atoms. The Hall–Kier alpha value is -2.69. The van der Waals surface area contributed by atoms with Crippen LogP contribution in [0.25, 0.3) is 16.9 Å². The van der Waals surface area contributed by atoms with Crippen LogP contribution in [0.3, 0.4) is 0 Å². The van der Waals surface area contributed by atoms with E-state index < -0.39 is 0 Å². The molecule has 3 rings (SSSR count). The summed E-state index contributed by atoms with van der Waals surface area (Å²) in [5, 5.41) is 4.43. The maximum Gasteiger partial charge on any atom is 0.153 e. The predicted molar refractivity (Wildman–Crippen MR) is 76.1 cm³/mol. The fourth-order valence-corrected chi connectivity index (χ4v) is 2.27. The summed E-state index contributed by atoms with van der Waals surface area (Å²) in [5.41, 5.74) is 2.49. The van der Waals surface area contributed by atoms with Gasteiger partial charge >= 0.3 is 0 Å². The van der Waals surface area contributed by atoms with E-state index in [0.29, 0.717) is 22.7 Å².